The Morgan fingerprint density at radius 2 is 1.96 bits per heavy atom. The highest BCUT2D eigenvalue weighted by molar-refractivity contribution is 7.92. The van der Waals surface area contributed by atoms with E-state index < -0.39 is 16.0 Å². The lowest BCUT2D eigenvalue weighted by Crippen LogP contribution is -2.31. The predicted octanol–water partition coefficient (Wildman–Crippen LogP) is 4.29. The second-order valence-electron chi connectivity index (χ2n) is 5.44. The predicted molar refractivity (Wildman–Crippen MR) is 103 cm³/mol. The first-order valence-electron chi connectivity index (χ1n) is 8.07. The molecule has 0 saturated carbocycles. The lowest BCUT2D eigenvalue weighted by atomic mass is 10.2. The molecule has 0 aliphatic carbocycles. The number of hydrogen-bond donors (Lipinski definition) is 0. The topological polar surface area (TPSA) is 63.7 Å². The number of carbonyl (C=O) groups excluding carboxylic acids is 1. The summed E-state index contributed by atoms with van der Waals surface area (Å²) >= 11 is 6.17. The molecule has 5 nitrogen and oxygen atoms in total. The normalized spacial score (nSPS) is 11.0. The zero-order valence-corrected chi connectivity index (χ0v) is 16.0. The first-order valence-corrected chi connectivity index (χ1v) is 9.89. The fourth-order valence-electron chi connectivity index (χ4n) is 2.29. The third-order valence-corrected chi connectivity index (χ3v) is 5.61. The largest absolute Gasteiger partial charge is 0.462 e. The number of hydrogen-bond acceptors (Lipinski definition) is 4. The van der Waals surface area contributed by atoms with Crippen LogP contribution in [0.5, 0.6) is 0 Å². The first kappa shape index (κ1) is 20.0. The van der Waals surface area contributed by atoms with Crippen LogP contribution in [0.4, 0.5) is 5.69 Å². The summed E-state index contributed by atoms with van der Waals surface area (Å²) < 4.78 is 32.5. The van der Waals surface area contributed by atoms with E-state index in [1.54, 1.807) is 24.3 Å². The molecule has 0 aliphatic heterocycles. The van der Waals surface area contributed by atoms with Crippen LogP contribution in [0.2, 0.25) is 5.02 Å². The Kier molecular flexibility index (Phi) is 6.83. The summed E-state index contributed by atoms with van der Waals surface area (Å²) in [5, 5.41) is 0.302. The van der Waals surface area contributed by atoms with Crippen molar-refractivity contribution < 1.29 is 17.9 Å². The van der Waals surface area contributed by atoms with Gasteiger partial charge in [0.25, 0.3) is 10.0 Å². The Morgan fingerprint density at radius 3 is 2.62 bits per heavy atom. The van der Waals surface area contributed by atoms with Crippen LogP contribution in [0, 0.1) is 0 Å². The lowest BCUT2D eigenvalue weighted by Gasteiger charge is -2.24. The number of nitrogens with zero attached hydrogens (tertiary/aromatic N) is 1. The van der Waals surface area contributed by atoms with Gasteiger partial charge in [-0.3, -0.25) is 4.31 Å². The molecule has 2 aromatic rings. The SMILES string of the molecule is C=CCN(c1ccccc1Cl)S(=O)(=O)c1cccc(C(=O)OCCC)c1. The molecule has 0 unspecified atom stereocenters. The molecule has 0 saturated heterocycles. The molecule has 26 heavy (non-hydrogen) atoms. The van der Waals surface area contributed by atoms with Gasteiger partial charge in [0.05, 0.1) is 34.3 Å². The van der Waals surface area contributed by atoms with E-state index in [-0.39, 0.29) is 23.6 Å². The lowest BCUT2D eigenvalue weighted by molar-refractivity contribution is 0.0505. The standard InChI is InChI=1S/C19H20ClNO4S/c1-3-12-21(18-11-6-5-10-17(18)20)26(23,24)16-9-7-8-15(14-16)19(22)25-13-4-2/h3,5-11,14H,1,4,12-13H2,2H3. The van der Waals surface area contributed by atoms with E-state index in [0.717, 1.165) is 4.31 Å². The van der Waals surface area contributed by atoms with Gasteiger partial charge >= 0.3 is 5.97 Å². The molecule has 2 rings (SSSR count). The molecule has 0 fully saturated rings. The van der Waals surface area contributed by atoms with Crippen molar-refractivity contribution in [1.29, 1.82) is 0 Å². The molecule has 0 amide bonds. The van der Waals surface area contributed by atoms with Crippen LogP contribution >= 0.6 is 11.6 Å². The third-order valence-electron chi connectivity index (χ3n) is 3.51. The van der Waals surface area contributed by atoms with Crippen LogP contribution in [0.25, 0.3) is 0 Å². The smallest absolute Gasteiger partial charge is 0.338 e. The van der Waals surface area contributed by atoms with Gasteiger partial charge < -0.3 is 4.74 Å². The van der Waals surface area contributed by atoms with E-state index in [2.05, 4.69) is 6.58 Å². The van der Waals surface area contributed by atoms with Crippen molar-refractivity contribution in [3.63, 3.8) is 0 Å². The maximum absolute atomic E-state index is 13.1. The molecule has 0 aromatic heterocycles. The molecule has 2 aromatic carbocycles. The summed E-state index contributed by atoms with van der Waals surface area (Å²) in [6, 6.07) is 12.4. The highest BCUT2D eigenvalue weighted by atomic mass is 35.5. The third kappa shape index (κ3) is 4.45. The fourth-order valence-corrected chi connectivity index (χ4v) is 4.07. The number of rotatable bonds is 8. The van der Waals surface area contributed by atoms with Crippen LogP contribution < -0.4 is 4.31 Å². The second kappa shape index (κ2) is 8.87. The van der Waals surface area contributed by atoms with Gasteiger partial charge in [-0.25, -0.2) is 13.2 Å². The first-order chi connectivity index (χ1) is 12.4. The number of benzene rings is 2. The molecule has 0 spiro atoms. The molecule has 0 atom stereocenters. The average Bonchev–Trinajstić information content (AvgIpc) is 2.65. The van der Waals surface area contributed by atoms with Gasteiger partial charge in [-0.15, -0.1) is 6.58 Å². The van der Waals surface area contributed by atoms with E-state index in [1.165, 1.54) is 30.3 Å². The van der Waals surface area contributed by atoms with Gasteiger partial charge in [0, 0.05) is 0 Å². The fraction of sp³-hybridized carbons (Fsp3) is 0.211. The molecule has 0 radical (unpaired) electrons. The van der Waals surface area contributed by atoms with Crippen molar-refractivity contribution in [3.8, 4) is 0 Å². The maximum Gasteiger partial charge on any atom is 0.338 e. The molecule has 7 heteroatoms. The average molecular weight is 394 g/mol. The number of anilines is 1. The second-order valence-corrected chi connectivity index (χ2v) is 7.71. The maximum atomic E-state index is 13.1. The number of carbonyl (C=O) groups is 1. The van der Waals surface area contributed by atoms with Crippen LogP contribution in [0.3, 0.4) is 0 Å². The number of halogens is 1. The van der Waals surface area contributed by atoms with Crippen LogP contribution in [0.15, 0.2) is 66.1 Å². The van der Waals surface area contributed by atoms with Gasteiger partial charge in [-0.2, -0.15) is 0 Å². The Hall–Kier alpha value is -2.31. The van der Waals surface area contributed by atoms with Crippen LogP contribution in [-0.4, -0.2) is 27.5 Å². The summed E-state index contributed by atoms with van der Waals surface area (Å²) in [4.78, 5) is 12.0. The van der Waals surface area contributed by atoms with Gasteiger partial charge in [0.15, 0.2) is 0 Å². The highest BCUT2D eigenvalue weighted by Gasteiger charge is 2.26. The number of sulfonamides is 1. The van der Waals surface area contributed by atoms with Crippen molar-refractivity contribution in [1.82, 2.24) is 0 Å². The monoisotopic (exact) mass is 393 g/mol. The Bertz CT molecular complexity index is 896. The number of esters is 1. The van der Waals surface area contributed by atoms with Crippen molar-refractivity contribution in [2.45, 2.75) is 18.2 Å². The molecule has 0 aliphatic rings. The number of ether oxygens (including phenoxy) is 1. The summed E-state index contributed by atoms with van der Waals surface area (Å²) in [6.45, 7) is 5.81. The minimum Gasteiger partial charge on any atom is -0.462 e. The number of para-hydroxylation sites is 1. The van der Waals surface area contributed by atoms with Gasteiger partial charge in [0.1, 0.15) is 0 Å². The van der Waals surface area contributed by atoms with Crippen LogP contribution in [-0.2, 0) is 14.8 Å². The van der Waals surface area contributed by atoms with E-state index in [9.17, 15) is 13.2 Å². The van der Waals surface area contributed by atoms with E-state index >= 15 is 0 Å². The minimum absolute atomic E-state index is 0.0229. The molecule has 0 bridgehead atoms. The molecule has 0 N–H and O–H groups in total. The summed E-state index contributed by atoms with van der Waals surface area (Å²) in [5.74, 6) is -0.558. The summed E-state index contributed by atoms with van der Waals surface area (Å²) in [5.41, 5.74) is 0.519. The van der Waals surface area contributed by atoms with E-state index in [1.807, 2.05) is 6.92 Å². The van der Waals surface area contributed by atoms with Gasteiger partial charge in [-0.1, -0.05) is 42.8 Å². The highest BCUT2D eigenvalue weighted by Crippen LogP contribution is 2.30. The van der Waals surface area contributed by atoms with Crippen molar-refractivity contribution in [2.75, 3.05) is 17.5 Å². The zero-order chi connectivity index (χ0) is 19.2. The molecular formula is C19H20ClNO4S. The Morgan fingerprint density at radius 1 is 1.23 bits per heavy atom. The van der Waals surface area contributed by atoms with E-state index in [0.29, 0.717) is 17.1 Å². The van der Waals surface area contributed by atoms with Crippen molar-refractivity contribution >= 4 is 33.3 Å². The quantitative estimate of drug-likeness (QED) is 0.495. The van der Waals surface area contributed by atoms with Crippen LogP contribution in [0.1, 0.15) is 23.7 Å². The zero-order valence-electron chi connectivity index (χ0n) is 14.4. The molecule has 0 heterocycles. The van der Waals surface area contributed by atoms with Crippen molar-refractivity contribution in [3.05, 3.63) is 71.8 Å². The molecule has 138 valence electrons. The minimum atomic E-state index is -3.95. The summed E-state index contributed by atoms with van der Waals surface area (Å²) in [6.07, 6.45) is 2.16. The molecular weight excluding hydrogens is 374 g/mol. The van der Waals surface area contributed by atoms with Gasteiger partial charge in [0.2, 0.25) is 0 Å². The van der Waals surface area contributed by atoms with E-state index in [4.69, 9.17) is 16.3 Å². The van der Waals surface area contributed by atoms with Crippen molar-refractivity contribution in [2.24, 2.45) is 0 Å². The van der Waals surface area contributed by atoms with Gasteiger partial charge in [-0.05, 0) is 36.8 Å². The Labute approximate surface area is 158 Å². The summed E-state index contributed by atoms with van der Waals surface area (Å²) in [7, 11) is -3.95. The Balaban J connectivity index is 2.45.